The number of anilines is 1. The van der Waals surface area contributed by atoms with Crippen molar-refractivity contribution in [3.8, 4) is 0 Å². The van der Waals surface area contributed by atoms with Crippen LogP contribution in [0.15, 0.2) is 11.0 Å². The Morgan fingerprint density at radius 1 is 1.48 bits per heavy atom. The summed E-state index contributed by atoms with van der Waals surface area (Å²) in [6, 6.07) is 1.15. The molecule has 2 unspecified atom stereocenters. The van der Waals surface area contributed by atoms with Crippen molar-refractivity contribution >= 4 is 15.7 Å². The quantitative estimate of drug-likeness (QED) is 0.826. The number of aliphatic hydroxyl groups is 1. The molecule has 1 aromatic rings. The number of nitrogens with zero attached hydrogens (tertiary/aromatic N) is 1. The van der Waals surface area contributed by atoms with E-state index in [4.69, 9.17) is 5.73 Å². The second-order valence-corrected chi connectivity index (χ2v) is 7.57. The molecule has 1 fully saturated rings. The summed E-state index contributed by atoms with van der Waals surface area (Å²) in [5, 5.41) is 9.60. The van der Waals surface area contributed by atoms with Gasteiger partial charge in [0.1, 0.15) is 5.82 Å². The van der Waals surface area contributed by atoms with Crippen molar-refractivity contribution < 1.29 is 17.9 Å². The lowest BCUT2D eigenvalue weighted by Gasteiger charge is -2.21. The maximum Gasteiger partial charge on any atom is 0.243 e. The second kappa shape index (κ2) is 5.55. The molecule has 1 saturated heterocycles. The highest BCUT2D eigenvalue weighted by Gasteiger charge is 2.36. The minimum atomic E-state index is -3.73. The molecule has 0 spiro atoms. The molecular formula is C14H21FN2O3S. The monoisotopic (exact) mass is 316 g/mol. The van der Waals surface area contributed by atoms with E-state index in [0.717, 1.165) is 6.07 Å². The van der Waals surface area contributed by atoms with Crippen LogP contribution in [0.25, 0.3) is 0 Å². The molecule has 0 aliphatic carbocycles. The number of hydrogen-bond acceptors (Lipinski definition) is 4. The van der Waals surface area contributed by atoms with Gasteiger partial charge in [-0.1, -0.05) is 0 Å². The molecule has 1 heterocycles. The zero-order valence-corrected chi connectivity index (χ0v) is 13.2. The summed E-state index contributed by atoms with van der Waals surface area (Å²) in [5.41, 5.74) is 6.08. The van der Waals surface area contributed by atoms with Gasteiger partial charge in [-0.15, -0.1) is 0 Å². The Morgan fingerprint density at radius 2 is 2.10 bits per heavy atom. The largest absolute Gasteiger partial charge is 0.396 e. The number of benzene rings is 1. The van der Waals surface area contributed by atoms with E-state index >= 15 is 0 Å². The van der Waals surface area contributed by atoms with Crippen molar-refractivity contribution in [3.63, 3.8) is 0 Å². The third-order valence-corrected chi connectivity index (χ3v) is 6.33. The Kier molecular flexibility index (Phi) is 4.28. The van der Waals surface area contributed by atoms with Crippen LogP contribution in [0.5, 0.6) is 0 Å². The van der Waals surface area contributed by atoms with E-state index in [0.29, 0.717) is 18.5 Å². The van der Waals surface area contributed by atoms with Gasteiger partial charge >= 0.3 is 0 Å². The lowest BCUT2D eigenvalue weighted by Crippen LogP contribution is -2.31. The van der Waals surface area contributed by atoms with Crippen LogP contribution < -0.4 is 5.73 Å². The molecule has 118 valence electrons. The van der Waals surface area contributed by atoms with Gasteiger partial charge in [-0.05, 0) is 50.3 Å². The third-order valence-electron chi connectivity index (χ3n) is 4.17. The topological polar surface area (TPSA) is 83.6 Å². The number of aliphatic hydroxyl groups excluding tert-OH is 1. The average Bonchev–Trinajstić information content (AvgIpc) is 2.86. The van der Waals surface area contributed by atoms with Crippen molar-refractivity contribution in [2.75, 3.05) is 18.8 Å². The highest BCUT2D eigenvalue weighted by molar-refractivity contribution is 7.89. The smallest absolute Gasteiger partial charge is 0.243 e. The molecule has 3 N–H and O–H groups in total. The predicted molar refractivity (Wildman–Crippen MR) is 78.8 cm³/mol. The number of aryl methyl sites for hydroxylation is 1. The van der Waals surface area contributed by atoms with E-state index in [9.17, 15) is 17.9 Å². The highest BCUT2D eigenvalue weighted by atomic mass is 32.2. The molecule has 0 bridgehead atoms. The van der Waals surface area contributed by atoms with Crippen molar-refractivity contribution in [3.05, 3.63) is 23.0 Å². The van der Waals surface area contributed by atoms with Gasteiger partial charge in [-0.25, -0.2) is 12.8 Å². The normalized spacial score (nSPS) is 21.7. The summed E-state index contributed by atoms with van der Waals surface area (Å²) in [4.78, 5) is 0.0765. The molecule has 0 radical (unpaired) electrons. The minimum Gasteiger partial charge on any atom is -0.396 e. The van der Waals surface area contributed by atoms with Crippen molar-refractivity contribution in [1.29, 1.82) is 0 Å². The molecule has 0 amide bonds. The van der Waals surface area contributed by atoms with Gasteiger partial charge in [-0.2, -0.15) is 4.31 Å². The molecule has 1 aromatic carbocycles. The summed E-state index contributed by atoms with van der Waals surface area (Å²) < 4.78 is 40.5. The minimum absolute atomic E-state index is 0.0711. The fraction of sp³-hybridized carbons (Fsp3) is 0.571. The number of nitrogens with two attached hydrogens (primary N) is 1. The van der Waals surface area contributed by atoms with Gasteiger partial charge in [0.25, 0.3) is 0 Å². The molecule has 2 atom stereocenters. The molecule has 21 heavy (non-hydrogen) atoms. The fourth-order valence-electron chi connectivity index (χ4n) is 2.82. The van der Waals surface area contributed by atoms with Gasteiger partial charge in [-0.3, -0.25) is 0 Å². The first-order chi connectivity index (χ1) is 9.66. The standard InChI is InChI=1S/C14H21FN2O3S/c1-8-6-12(15)13(16)9(2)14(8)21(19,20)17-5-4-11(7-17)10(3)18/h6,10-11,18H,4-5,7,16H2,1-3H3. The summed E-state index contributed by atoms with van der Waals surface area (Å²) in [6.07, 6.45) is 0.0664. The van der Waals surface area contributed by atoms with E-state index in [2.05, 4.69) is 0 Å². The van der Waals surface area contributed by atoms with E-state index in [1.54, 1.807) is 13.8 Å². The number of nitrogen functional groups attached to an aromatic ring is 1. The molecule has 1 aliphatic heterocycles. The maximum atomic E-state index is 13.6. The van der Waals surface area contributed by atoms with Crippen LogP contribution in [0.2, 0.25) is 0 Å². The molecule has 0 saturated carbocycles. The van der Waals surface area contributed by atoms with Crippen molar-refractivity contribution in [1.82, 2.24) is 4.31 Å². The molecule has 7 heteroatoms. The lowest BCUT2D eigenvalue weighted by molar-refractivity contribution is 0.133. The van der Waals surface area contributed by atoms with E-state index in [1.165, 1.54) is 11.2 Å². The van der Waals surface area contributed by atoms with Crippen LogP contribution in [0.3, 0.4) is 0 Å². The predicted octanol–water partition coefficient (Wildman–Crippen LogP) is 1.42. The van der Waals surface area contributed by atoms with E-state index in [-0.39, 0.29) is 28.6 Å². The Balaban J connectivity index is 2.45. The third kappa shape index (κ3) is 2.77. The maximum absolute atomic E-state index is 13.6. The zero-order valence-electron chi connectivity index (χ0n) is 12.4. The number of halogens is 1. The van der Waals surface area contributed by atoms with Gasteiger partial charge < -0.3 is 10.8 Å². The van der Waals surface area contributed by atoms with Crippen LogP contribution in [0, 0.1) is 25.6 Å². The summed E-state index contributed by atoms with van der Waals surface area (Å²) >= 11 is 0. The van der Waals surface area contributed by atoms with Crippen molar-refractivity contribution in [2.24, 2.45) is 5.92 Å². The fourth-order valence-corrected chi connectivity index (χ4v) is 4.78. The summed E-state index contributed by atoms with van der Waals surface area (Å²) in [6.45, 7) is 5.36. The second-order valence-electron chi connectivity index (χ2n) is 5.70. The van der Waals surface area contributed by atoms with Gasteiger partial charge in [0, 0.05) is 13.1 Å². The molecule has 2 rings (SSSR count). The molecular weight excluding hydrogens is 295 g/mol. The zero-order chi connectivity index (χ0) is 15.9. The molecule has 1 aliphatic rings. The SMILES string of the molecule is Cc1cc(F)c(N)c(C)c1S(=O)(=O)N1CCC(C(C)O)C1. The lowest BCUT2D eigenvalue weighted by atomic mass is 10.0. The Morgan fingerprint density at radius 3 is 2.62 bits per heavy atom. The average molecular weight is 316 g/mol. The van der Waals surface area contributed by atoms with Gasteiger partial charge in [0.2, 0.25) is 10.0 Å². The first-order valence-electron chi connectivity index (χ1n) is 6.89. The van der Waals surface area contributed by atoms with E-state index < -0.39 is 21.9 Å². The van der Waals surface area contributed by atoms with Crippen LogP contribution >= 0.6 is 0 Å². The highest BCUT2D eigenvalue weighted by Crippen LogP contribution is 2.32. The van der Waals surface area contributed by atoms with Crippen molar-refractivity contribution in [2.45, 2.75) is 38.2 Å². The number of hydrogen-bond donors (Lipinski definition) is 2. The first kappa shape index (κ1) is 16.2. The van der Waals surface area contributed by atoms with Crippen LogP contribution in [-0.2, 0) is 10.0 Å². The Labute approximate surface area is 124 Å². The first-order valence-corrected chi connectivity index (χ1v) is 8.33. The number of sulfonamides is 1. The van der Waals surface area contributed by atoms with Gasteiger partial charge in [0.05, 0.1) is 16.7 Å². The molecule has 5 nitrogen and oxygen atoms in total. The van der Waals surface area contributed by atoms with Crippen LogP contribution in [0.1, 0.15) is 24.5 Å². The van der Waals surface area contributed by atoms with Gasteiger partial charge in [0.15, 0.2) is 0 Å². The number of rotatable bonds is 3. The van der Waals surface area contributed by atoms with Crippen LogP contribution in [0.4, 0.5) is 10.1 Å². The van der Waals surface area contributed by atoms with E-state index in [1.807, 2.05) is 0 Å². The Hall–Kier alpha value is -1.18. The molecule has 0 aromatic heterocycles. The Bertz CT molecular complexity index is 659. The van der Waals surface area contributed by atoms with Crippen LogP contribution in [-0.4, -0.2) is 37.0 Å². The summed E-state index contributed by atoms with van der Waals surface area (Å²) in [5.74, 6) is -0.676. The summed E-state index contributed by atoms with van der Waals surface area (Å²) in [7, 11) is -3.73.